The fourth-order valence-corrected chi connectivity index (χ4v) is 1.67. The lowest BCUT2D eigenvalue weighted by atomic mass is 9.98. The van der Waals surface area contributed by atoms with Crippen LogP contribution < -0.4 is 5.32 Å². The molecule has 1 atom stereocenters. The molecule has 0 fully saturated rings. The monoisotopic (exact) mass is 261 g/mol. The van der Waals surface area contributed by atoms with Crippen molar-refractivity contribution < 1.29 is 14.3 Å². The number of ether oxygens (including phenoxy) is 1. The average molecular weight is 261 g/mol. The molecule has 4 nitrogen and oxygen atoms in total. The summed E-state index contributed by atoms with van der Waals surface area (Å²) in [5.74, 6) is -1.64. The van der Waals surface area contributed by atoms with Crippen molar-refractivity contribution in [2.24, 2.45) is 5.92 Å². The first-order valence-electron chi connectivity index (χ1n) is 6.28. The van der Waals surface area contributed by atoms with Gasteiger partial charge in [0.1, 0.15) is 5.92 Å². The normalized spacial score (nSPS) is 11.4. The van der Waals surface area contributed by atoms with E-state index in [0.717, 1.165) is 5.56 Å². The van der Waals surface area contributed by atoms with Gasteiger partial charge in [0.2, 0.25) is 5.91 Å². The summed E-state index contributed by atoms with van der Waals surface area (Å²) in [5.41, 5.74) is 0.925. The second-order valence-corrected chi connectivity index (χ2v) is 4.03. The summed E-state index contributed by atoms with van der Waals surface area (Å²) in [6.07, 6.45) is 1.91. The first-order valence-corrected chi connectivity index (χ1v) is 6.28. The fourth-order valence-electron chi connectivity index (χ4n) is 1.67. The SMILES string of the molecule is C=CCNC(=O)[C@@H](Cc1ccccc1)C(=O)OCC. The van der Waals surface area contributed by atoms with Gasteiger partial charge in [-0.3, -0.25) is 9.59 Å². The van der Waals surface area contributed by atoms with E-state index in [-0.39, 0.29) is 12.5 Å². The molecule has 0 aliphatic carbocycles. The molecular weight excluding hydrogens is 242 g/mol. The first-order chi connectivity index (χ1) is 9.19. The van der Waals surface area contributed by atoms with Crippen LogP contribution >= 0.6 is 0 Å². The number of benzene rings is 1. The minimum Gasteiger partial charge on any atom is -0.465 e. The lowest BCUT2D eigenvalue weighted by molar-refractivity contribution is -0.152. The van der Waals surface area contributed by atoms with Crippen molar-refractivity contribution in [3.05, 3.63) is 48.6 Å². The summed E-state index contributed by atoms with van der Waals surface area (Å²) < 4.78 is 4.95. The van der Waals surface area contributed by atoms with Crippen molar-refractivity contribution in [1.82, 2.24) is 5.32 Å². The number of esters is 1. The largest absolute Gasteiger partial charge is 0.465 e. The Morgan fingerprint density at radius 2 is 2.05 bits per heavy atom. The highest BCUT2D eigenvalue weighted by atomic mass is 16.5. The van der Waals surface area contributed by atoms with Gasteiger partial charge in [0.15, 0.2) is 0 Å². The molecule has 0 saturated carbocycles. The molecule has 0 spiro atoms. The van der Waals surface area contributed by atoms with E-state index in [4.69, 9.17) is 4.74 Å². The summed E-state index contributed by atoms with van der Waals surface area (Å²) in [6.45, 7) is 5.85. The fraction of sp³-hybridized carbons (Fsp3) is 0.333. The van der Waals surface area contributed by atoms with Crippen LogP contribution in [0.2, 0.25) is 0 Å². The van der Waals surface area contributed by atoms with Gasteiger partial charge in [-0.25, -0.2) is 0 Å². The van der Waals surface area contributed by atoms with Crippen molar-refractivity contribution in [3.8, 4) is 0 Å². The summed E-state index contributed by atoms with van der Waals surface area (Å²) >= 11 is 0. The summed E-state index contributed by atoms with van der Waals surface area (Å²) in [6, 6.07) is 9.40. The van der Waals surface area contributed by atoms with Gasteiger partial charge in [-0.2, -0.15) is 0 Å². The summed E-state index contributed by atoms with van der Waals surface area (Å²) in [5, 5.41) is 2.63. The van der Waals surface area contributed by atoms with E-state index in [1.807, 2.05) is 30.3 Å². The van der Waals surface area contributed by atoms with E-state index in [9.17, 15) is 9.59 Å². The van der Waals surface area contributed by atoms with E-state index < -0.39 is 11.9 Å². The predicted molar refractivity (Wildman–Crippen MR) is 73.5 cm³/mol. The number of nitrogens with one attached hydrogen (secondary N) is 1. The molecule has 1 rings (SSSR count). The molecule has 0 unspecified atom stereocenters. The molecule has 0 aliphatic heterocycles. The Balaban J connectivity index is 2.77. The van der Waals surface area contributed by atoms with Crippen LogP contribution in [-0.2, 0) is 20.7 Å². The van der Waals surface area contributed by atoms with Crippen LogP contribution in [0.5, 0.6) is 0 Å². The number of amides is 1. The Morgan fingerprint density at radius 1 is 1.37 bits per heavy atom. The zero-order chi connectivity index (χ0) is 14.1. The average Bonchev–Trinajstić information content (AvgIpc) is 2.43. The lowest BCUT2D eigenvalue weighted by Gasteiger charge is -2.15. The molecule has 1 N–H and O–H groups in total. The third-order valence-electron chi connectivity index (χ3n) is 2.59. The van der Waals surface area contributed by atoms with Crippen LogP contribution in [0.3, 0.4) is 0 Å². The van der Waals surface area contributed by atoms with Crippen LogP contribution in [0.25, 0.3) is 0 Å². The predicted octanol–water partition coefficient (Wildman–Crippen LogP) is 1.71. The zero-order valence-electron chi connectivity index (χ0n) is 11.1. The zero-order valence-corrected chi connectivity index (χ0v) is 11.1. The second kappa shape index (κ2) is 8.08. The number of hydrogen-bond donors (Lipinski definition) is 1. The molecule has 0 bridgehead atoms. The van der Waals surface area contributed by atoms with Gasteiger partial charge in [-0.05, 0) is 18.9 Å². The van der Waals surface area contributed by atoms with Crippen molar-refractivity contribution in [3.63, 3.8) is 0 Å². The topological polar surface area (TPSA) is 55.4 Å². The van der Waals surface area contributed by atoms with Crippen LogP contribution in [0, 0.1) is 5.92 Å². The Labute approximate surface area is 113 Å². The molecule has 4 heteroatoms. The van der Waals surface area contributed by atoms with E-state index >= 15 is 0 Å². The molecular formula is C15H19NO3. The number of carbonyl (C=O) groups excluding carboxylic acids is 2. The van der Waals surface area contributed by atoms with Gasteiger partial charge < -0.3 is 10.1 Å². The van der Waals surface area contributed by atoms with E-state index in [1.165, 1.54) is 0 Å². The third kappa shape index (κ3) is 4.95. The maximum absolute atomic E-state index is 12.0. The number of carbonyl (C=O) groups is 2. The summed E-state index contributed by atoms with van der Waals surface area (Å²) in [4.78, 5) is 23.8. The first kappa shape index (κ1) is 15.0. The van der Waals surface area contributed by atoms with Gasteiger partial charge in [0.25, 0.3) is 0 Å². The van der Waals surface area contributed by atoms with Gasteiger partial charge in [-0.15, -0.1) is 6.58 Å². The maximum atomic E-state index is 12.0. The van der Waals surface area contributed by atoms with Crippen molar-refractivity contribution in [1.29, 1.82) is 0 Å². The van der Waals surface area contributed by atoms with E-state index in [2.05, 4.69) is 11.9 Å². The van der Waals surface area contributed by atoms with Gasteiger partial charge in [-0.1, -0.05) is 36.4 Å². The molecule has 0 saturated heterocycles. The van der Waals surface area contributed by atoms with Crippen LogP contribution in [0.15, 0.2) is 43.0 Å². The number of rotatable bonds is 7. The number of hydrogen-bond acceptors (Lipinski definition) is 3. The van der Waals surface area contributed by atoms with Crippen LogP contribution in [0.1, 0.15) is 12.5 Å². The highest BCUT2D eigenvalue weighted by molar-refractivity contribution is 5.98. The van der Waals surface area contributed by atoms with E-state index in [1.54, 1.807) is 13.0 Å². The molecule has 0 heterocycles. The Bertz CT molecular complexity index is 428. The molecule has 0 aromatic heterocycles. The van der Waals surface area contributed by atoms with Crippen molar-refractivity contribution >= 4 is 11.9 Å². The van der Waals surface area contributed by atoms with Crippen LogP contribution in [0.4, 0.5) is 0 Å². The van der Waals surface area contributed by atoms with Crippen molar-refractivity contribution in [2.45, 2.75) is 13.3 Å². The quantitative estimate of drug-likeness (QED) is 0.462. The molecule has 0 radical (unpaired) electrons. The Kier molecular flexibility index (Phi) is 6.36. The molecule has 0 aliphatic rings. The standard InChI is InChI=1S/C15H19NO3/c1-3-10-16-14(17)13(15(18)19-4-2)11-12-8-6-5-7-9-12/h3,5-9,13H,1,4,10-11H2,2H3,(H,16,17)/t13-/m1/s1. The molecule has 1 aromatic carbocycles. The van der Waals surface area contributed by atoms with E-state index in [0.29, 0.717) is 13.0 Å². The van der Waals surface area contributed by atoms with Gasteiger partial charge in [0, 0.05) is 6.54 Å². The highest BCUT2D eigenvalue weighted by Crippen LogP contribution is 2.11. The smallest absolute Gasteiger partial charge is 0.318 e. The minimum absolute atomic E-state index is 0.263. The Hall–Kier alpha value is -2.10. The van der Waals surface area contributed by atoms with Gasteiger partial charge in [0.05, 0.1) is 6.61 Å². The van der Waals surface area contributed by atoms with Crippen molar-refractivity contribution in [2.75, 3.05) is 13.2 Å². The molecule has 1 amide bonds. The minimum atomic E-state index is -0.817. The lowest BCUT2D eigenvalue weighted by Crippen LogP contribution is -2.37. The third-order valence-corrected chi connectivity index (χ3v) is 2.59. The molecule has 19 heavy (non-hydrogen) atoms. The molecule has 102 valence electrons. The Morgan fingerprint density at radius 3 is 2.63 bits per heavy atom. The second-order valence-electron chi connectivity index (χ2n) is 4.03. The van der Waals surface area contributed by atoms with Crippen LogP contribution in [-0.4, -0.2) is 25.0 Å². The molecule has 1 aromatic rings. The van der Waals surface area contributed by atoms with Gasteiger partial charge >= 0.3 is 5.97 Å². The summed E-state index contributed by atoms with van der Waals surface area (Å²) in [7, 11) is 0. The maximum Gasteiger partial charge on any atom is 0.318 e. The highest BCUT2D eigenvalue weighted by Gasteiger charge is 2.27.